The Labute approximate surface area is 98.1 Å². The van der Waals surface area contributed by atoms with E-state index in [9.17, 15) is 0 Å². The van der Waals surface area contributed by atoms with E-state index in [2.05, 4.69) is 13.8 Å². The van der Waals surface area contributed by atoms with Gasteiger partial charge in [-0.1, -0.05) is 13.3 Å². The molecule has 0 spiro atoms. The molecule has 0 aromatic carbocycles. The van der Waals surface area contributed by atoms with Crippen molar-refractivity contribution >= 4 is 10.2 Å². The van der Waals surface area contributed by atoms with E-state index < -0.39 is 0 Å². The Hall–Kier alpha value is 0.0969. The van der Waals surface area contributed by atoms with Gasteiger partial charge in [0.25, 0.3) is 0 Å². The fourth-order valence-electron chi connectivity index (χ4n) is 0.984. The molecule has 1 unspecified atom stereocenters. The van der Waals surface area contributed by atoms with Crippen molar-refractivity contribution in [2.24, 2.45) is 5.73 Å². The number of nitrogens with two attached hydrogens (primary N) is 1. The summed E-state index contributed by atoms with van der Waals surface area (Å²) in [4.78, 5) is 0. The first-order chi connectivity index (χ1) is 7.04. The average molecular weight is 235 g/mol. The van der Waals surface area contributed by atoms with Crippen LogP contribution in [0.2, 0.25) is 0 Å². The van der Waals surface area contributed by atoms with Crippen LogP contribution in [0.3, 0.4) is 0 Å². The molecule has 0 aliphatic carbocycles. The van der Waals surface area contributed by atoms with Gasteiger partial charge in [0.2, 0.25) is 0 Å². The molecule has 2 N–H and O–H groups in total. The molecule has 3 nitrogen and oxygen atoms in total. The summed E-state index contributed by atoms with van der Waals surface area (Å²) in [5.74, 6) is 0. The van der Waals surface area contributed by atoms with Crippen LogP contribution in [0, 0.1) is 0 Å². The first kappa shape index (κ1) is 17.5. The zero-order valence-corrected chi connectivity index (χ0v) is 13.1. The summed E-state index contributed by atoms with van der Waals surface area (Å²) in [6.45, 7) is 11.4. The first-order valence-corrected chi connectivity index (χ1v) is 6.95. The van der Waals surface area contributed by atoms with E-state index in [1.807, 2.05) is 13.8 Å². The summed E-state index contributed by atoms with van der Waals surface area (Å²) in [5, 5.41) is 0.0186. The molecular formula is C11H29NO2Si. The smallest absolute Gasteiger partial charge is 0.0713 e. The first-order valence-electron chi connectivity index (χ1n) is 5.95. The monoisotopic (exact) mass is 235 g/mol. The molecule has 0 aliphatic rings. The standard InChI is InChI=1S/C7H18O2Si.C4H11N/c1-4-8-6-7(3,10)9-5-2;1-2-3-4-5/h4-6H2,1-3,10H3;2-5H2,1H3. The summed E-state index contributed by atoms with van der Waals surface area (Å²) < 4.78 is 10.7. The number of rotatable bonds is 7. The molecule has 0 amide bonds. The molecule has 0 bridgehead atoms. The molecule has 0 fully saturated rings. The summed E-state index contributed by atoms with van der Waals surface area (Å²) in [5.41, 5.74) is 5.14. The van der Waals surface area contributed by atoms with Gasteiger partial charge in [0.1, 0.15) is 0 Å². The Bertz CT molecular complexity index is 119. The van der Waals surface area contributed by atoms with Crippen LogP contribution in [0.5, 0.6) is 0 Å². The lowest BCUT2D eigenvalue weighted by atomic mass is 10.3. The van der Waals surface area contributed by atoms with E-state index in [0.29, 0.717) is 0 Å². The molecule has 0 saturated carbocycles. The molecule has 4 heteroatoms. The van der Waals surface area contributed by atoms with Crippen molar-refractivity contribution in [3.63, 3.8) is 0 Å². The number of unbranched alkanes of at least 4 members (excludes halogenated alkanes) is 1. The lowest BCUT2D eigenvalue weighted by Crippen LogP contribution is -2.34. The van der Waals surface area contributed by atoms with Crippen LogP contribution in [0.4, 0.5) is 0 Å². The zero-order valence-electron chi connectivity index (χ0n) is 11.1. The molecule has 0 rings (SSSR count). The van der Waals surface area contributed by atoms with Crippen molar-refractivity contribution in [1.29, 1.82) is 0 Å². The molecular weight excluding hydrogens is 206 g/mol. The van der Waals surface area contributed by atoms with Gasteiger partial charge in [-0.2, -0.15) is 0 Å². The third-order valence-corrected chi connectivity index (χ3v) is 2.32. The summed E-state index contributed by atoms with van der Waals surface area (Å²) in [6, 6.07) is 0. The van der Waals surface area contributed by atoms with Gasteiger partial charge in [-0.3, -0.25) is 0 Å². The third kappa shape index (κ3) is 16.8. The van der Waals surface area contributed by atoms with Gasteiger partial charge in [0, 0.05) is 23.5 Å². The van der Waals surface area contributed by atoms with Gasteiger partial charge in [0.05, 0.1) is 11.8 Å². The van der Waals surface area contributed by atoms with Gasteiger partial charge in [0.15, 0.2) is 0 Å². The topological polar surface area (TPSA) is 44.5 Å². The molecule has 0 saturated heterocycles. The van der Waals surface area contributed by atoms with Crippen molar-refractivity contribution in [1.82, 2.24) is 0 Å². The van der Waals surface area contributed by atoms with Crippen LogP contribution in [0.15, 0.2) is 0 Å². The number of ether oxygens (including phenoxy) is 2. The second-order valence-electron chi connectivity index (χ2n) is 3.97. The fourth-order valence-corrected chi connectivity index (χ4v) is 1.48. The Balaban J connectivity index is 0. The van der Waals surface area contributed by atoms with Crippen LogP contribution < -0.4 is 5.73 Å². The van der Waals surface area contributed by atoms with Crippen LogP contribution in [-0.2, 0) is 9.47 Å². The van der Waals surface area contributed by atoms with E-state index in [4.69, 9.17) is 15.2 Å². The Morgan fingerprint density at radius 1 is 1.20 bits per heavy atom. The Morgan fingerprint density at radius 2 is 1.80 bits per heavy atom. The van der Waals surface area contributed by atoms with E-state index in [1.165, 1.54) is 12.8 Å². The maximum Gasteiger partial charge on any atom is 0.0713 e. The molecule has 0 heterocycles. The van der Waals surface area contributed by atoms with Gasteiger partial charge in [-0.05, 0) is 33.7 Å². The highest BCUT2D eigenvalue weighted by molar-refractivity contribution is 6.14. The van der Waals surface area contributed by atoms with Gasteiger partial charge < -0.3 is 15.2 Å². The Morgan fingerprint density at radius 3 is 2.07 bits per heavy atom. The van der Waals surface area contributed by atoms with Crippen molar-refractivity contribution in [3.8, 4) is 0 Å². The van der Waals surface area contributed by atoms with E-state index in [1.54, 1.807) is 0 Å². The maximum absolute atomic E-state index is 5.47. The second kappa shape index (κ2) is 12.2. The summed E-state index contributed by atoms with van der Waals surface area (Å²) in [6.07, 6.45) is 2.39. The molecule has 0 aliphatic heterocycles. The number of hydrogen-bond donors (Lipinski definition) is 1. The highest BCUT2D eigenvalue weighted by atomic mass is 28.1. The van der Waals surface area contributed by atoms with Gasteiger partial charge in [-0.25, -0.2) is 0 Å². The molecule has 0 aromatic rings. The van der Waals surface area contributed by atoms with Crippen molar-refractivity contribution < 1.29 is 9.47 Å². The minimum atomic E-state index is 0.0186. The molecule has 0 aromatic heterocycles. The molecule has 1 atom stereocenters. The van der Waals surface area contributed by atoms with Gasteiger partial charge >= 0.3 is 0 Å². The van der Waals surface area contributed by atoms with E-state index in [0.717, 1.165) is 36.6 Å². The van der Waals surface area contributed by atoms with E-state index >= 15 is 0 Å². The van der Waals surface area contributed by atoms with Crippen molar-refractivity contribution in [3.05, 3.63) is 0 Å². The van der Waals surface area contributed by atoms with E-state index in [-0.39, 0.29) is 5.22 Å². The lowest BCUT2D eigenvalue weighted by molar-refractivity contribution is -0.0265. The minimum Gasteiger partial charge on any atom is -0.379 e. The number of hydrogen-bond acceptors (Lipinski definition) is 3. The average Bonchev–Trinajstić information content (AvgIpc) is 2.17. The van der Waals surface area contributed by atoms with Crippen LogP contribution in [0.25, 0.3) is 0 Å². The zero-order chi connectivity index (χ0) is 12.2. The highest BCUT2D eigenvalue weighted by Crippen LogP contribution is 2.04. The van der Waals surface area contributed by atoms with Crippen LogP contribution in [-0.4, -0.2) is 41.8 Å². The largest absolute Gasteiger partial charge is 0.379 e. The molecule has 0 radical (unpaired) electrons. The normalized spacial score (nSPS) is 14.2. The van der Waals surface area contributed by atoms with Gasteiger partial charge in [-0.15, -0.1) is 0 Å². The summed E-state index contributed by atoms with van der Waals surface area (Å²) >= 11 is 0. The Kier molecular flexibility index (Phi) is 14.2. The molecule has 94 valence electrons. The van der Waals surface area contributed by atoms with Crippen molar-refractivity contribution in [2.45, 2.75) is 45.8 Å². The van der Waals surface area contributed by atoms with Crippen molar-refractivity contribution in [2.75, 3.05) is 26.4 Å². The summed E-state index contributed by atoms with van der Waals surface area (Å²) in [7, 11) is 1.02. The fraction of sp³-hybridized carbons (Fsp3) is 1.00. The lowest BCUT2D eigenvalue weighted by Gasteiger charge is -2.23. The highest BCUT2D eigenvalue weighted by Gasteiger charge is 2.16. The second-order valence-corrected chi connectivity index (χ2v) is 6.09. The third-order valence-electron chi connectivity index (χ3n) is 1.75. The molecule has 15 heavy (non-hydrogen) atoms. The SMILES string of the molecule is CCCCN.CCOCC(C)([SiH3])OCC. The minimum absolute atomic E-state index is 0.0186. The van der Waals surface area contributed by atoms with Crippen LogP contribution in [0.1, 0.15) is 40.5 Å². The maximum atomic E-state index is 5.47. The van der Waals surface area contributed by atoms with Crippen LogP contribution >= 0.6 is 0 Å². The predicted octanol–water partition coefficient (Wildman–Crippen LogP) is 0.886. The quantitative estimate of drug-likeness (QED) is 0.667. The predicted molar refractivity (Wildman–Crippen MR) is 70.4 cm³/mol.